The average molecular weight is 347 g/mol. The highest BCUT2D eigenvalue weighted by molar-refractivity contribution is 6.42. The molecule has 1 aromatic carbocycles. The van der Waals surface area contributed by atoms with E-state index in [2.05, 4.69) is 5.10 Å². The Morgan fingerprint density at radius 3 is 2.52 bits per heavy atom. The summed E-state index contributed by atoms with van der Waals surface area (Å²) in [5, 5.41) is 6.22. The van der Waals surface area contributed by atoms with Crippen LogP contribution in [0.25, 0.3) is 0 Å². The van der Waals surface area contributed by atoms with Gasteiger partial charge in [0.15, 0.2) is 0 Å². The third-order valence-corrected chi connectivity index (χ3v) is 4.62. The highest BCUT2D eigenvalue weighted by atomic mass is 35.5. The molecule has 0 aliphatic carbocycles. The van der Waals surface area contributed by atoms with Gasteiger partial charge in [-0.05, 0) is 38.0 Å². The molecule has 1 heterocycles. The van der Waals surface area contributed by atoms with Crippen molar-refractivity contribution in [2.24, 2.45) is 5.73 Å². The molecule has 6 heteroatoms. The first-order valence-corrected chi connectivity index (χ1v) is 7.97. The standard InChI is InChI=1S/C15H18Cl3N3/c1-3-21-14(15(18)9(2)20-21)8-11(19)6-10-4-5-12(16)13(17)7-10/h4-5,7,11H,3,6,8,19H2,1-2H3. The molecule has 0 saturated heterocycles. The van der Waals surface area contributed by atoms with E-state index in [0.29, 0.717) is 27.9 Å². The van der Waals surface area contributed by atoms with Crippen molar-refractivity contribution in [3.05, 3.63) is 50.2 Å². The van der Waals surface area contributed by atoms with Crippen molar-refractivity contribution in [2.45, 2.75) is 39.3 Å². The minimum atomic E-state index is -0.0545. The maximum Gasteiger partial charge on any atom is 0.0847 e. The predicted octanol–water partition coefficient (Wildman–Crippen LogP) is 4.28. The van der Waals surface area contributed by atoms with Crippen LogP contribution in [-0.4, -0.2) is 15.8 Å². The van der Waals surface area contributed by atoms with Gasteiger partial charge in [-0.1, -0.05) is 40.9 Å². The molecular formula is C15H18Cl3N3. The van der Waals surface area contributed by atoms with Gasteiger partial charge in [-0.25, -0.2) is 0 Å². The number of nitrogens with zero attached hydrogens (tertiary/aromatic N) is 2. The summed E-state index contributed by atoms with van der Waals surface area (Å²) in [4.78, 5) is 0. The van der Waals surface area contributed by atoms with Crippen LogP contribution in [0.2, 0.25) is 15.1 Å². The molecule has 1 aromatic heterocycles. The van der Waals surface area contributed by atoms with Crippen LogP contribution in [0.3, 0.4) is 0 Å². The van der Waals surface area contributed by atoms with E-state index in [9.17, 15) is 0 Å². The Morgan fingerprint density at radius 1 is 1.19 bits per heavy atom. The van der Waals surface area contributed by atoms with Gasteiger partial charge in [0.1, 0.15) is 0 Å². The van der Waals surface area contributed by atoms with Crippen molar-refractivity contribution in [3.63, 3.8) is 0 Å². The molecule has 2 rings (SSSR count). The van der Waals surface area contributed by atoms with Gasteiger partial charge in [0, 0.05) is 19.0 Å². The molecule has 1 atom stereocenters. The largest absolute Gasteiger partial charge is 0.327 e. The fourth-order valence-corrected chi connectivity index (χ4v) is 2.89. The van der Waals surface area contributed by atoms with Gasteiger partial charge >= 0.3 is 0 Å². The monoisotopic (exact) mass is 345 g/mol. The van der Waals surface area contributed by atoms with Crippen LogP contribution < -0.4 is 5.73 Å². The molecule has 114 valence electrons. The molecular weight excluding hydrogens is 329 g/mol. The molecule has 1 unspecified atom stereocenters. The first-order chi connectivity index (χ1) is 9.92. The van der Waals surface area contributed by atoms with Crippen LogP contribution in [0.5, 0.6) is 0 Å². The van der Waals surface area contributed by atoms with E-state index in [1.807, 2.05) is 30.7 Å². The Labute approximate surface area is 140 Å². The zero-order valence-corrected chi connectivity index (χ0v) is 14.3. The van der Waals surface area contributed by atoms with Crippen molar-refractivity contribution in [1.82, 2.24) is 9.78 Å². The molecule has 0 aliphatic heterocycles. The second-order valence-corrected chi connectivity index (χ2v) is 6.27. The highest BCUT2D eigenvalue weighted by Gasteiger charge is 2.16. The predicted molar refractivity (Wildman–Crippen MR) is 89.5 cm³/mol. The lowest BCUT2D eigenvalue weighted by atomic mass is 10.0. The highest BCUT2D eigenvalue weighted by Crippen LogP contribution is 2.25. The Kier molecular flexibility index (Phi) is 5.55. The zero-order chi connectivity index (χ0) is 15.6. The lowest BCUT2D eigenvalue weighted by molar-refractivity contribution is 0.574. The first-order valence-electron chi connectivity index (χ1n) is 6.83. The smallest absolute Gasteiger partial charge is 0.0847 e. The van der Waals surface area contributed by atoms with Crippen LogP contribution in [0.4, 0.5) is 0 Å². The van der Waals surface area contributed by atoms with Crippen molar-refractivity contribution >= 4 is 34.8 Å². The van der Waals surface area contributed by atoms with Gasteiger partial charge in [-0.15, -0.1) is 0 Å². The number of hydrogen-bond acceptors (Lipinski definition) is 2. The quantitative estimate of drug-likeness (QED) is 0.878. The number of rotatable bonds is 5. The third kappa shape index (κ3) is 3.92. The Balaban J connectivity index is 2.11. The van der Waals surface area contributed by atoms with Gasteiger partial charge in [0.05, 0.1) is 26.5 Å². The summed E-state index contributed by atoms with van der Waals surface area (Å²) in [5.41, 5.74) is 9.15. The number of benzene rings is 1. The number of aryl methyl sites for hydroxylation is 2. The summed E-state index contributed by atoms with van der Waals surface area (Å²) in [6.45, 7) is 4.72. The maximum atomic E-state index is 6.31. The van der Waals surface area contributed by atoms with E-state index >= 15 is 0 Å². The molecule has 0 bridgehead atoms. The minimum absolute atomic E-state index is 0.0545. The molecule has 0 fully saturated rings. The van der Waals surface area contributed by atoms with Crippen molar-refractivity contribution < 1.29 is 0 Å². The van der Waals surface area contributed by atoms with Gasteiger partial charge < -0.3 is 5.73 Å². The topological polar surface area (TPSA) is 43.8 Å². The Morgan fingerprint density at radius 2 is 1.90 bits per heavy atom. The zero-order valence-electron chi connectivity index (χ0n) is 12.0. The molecule has 0 aliphatic rings. The number of hydrogen-bond donors (Lipinski definition) is 1. The summed E-state index contributed by atoms with van der Waals surface area (Å²) >= 11 is 18.3. The van der Waals surface area contributed by atoms with E-state index in [1.54, 1.807) is 6.07 Å². The van der Waals surface area contributed by atoms with Crippen molar-refractivity contribution in [3.8, 4) is 0 Å². The summed E-state index contributed by atoms with van der Waals surface area (Å²) in [5.74, 6) is 0. The van der Waals surface area contributed by atoms with Crippen LogP contribution in [0.1, 0.15) is 23.9 Å². The fraction of sp³-hybridized carbons (Fsp3) is 0.400. The molecule has 2 aromatic rings. The normalized spacial score (nSPS) is 12.7. The Bertz CT molecular complexity index is 637. The van der Waals surface area contributed by atoms with Crippen LogP contribution in [-0.2, 0) is 19.4 Å². The number of aromatic nitrogens is 2. The molecule has 0 amide bonds. The number of nitrogens with two attached hydrogens (primary N) is 1. The van der Waals surface area contributed by atoms with E-state index in [-0.39, 0.29) is 6.04 Å². The van der Waals surface area contributed by atoms with E-state index in [0.717, 1.165) is 23.5 Å². The molecule has 0 radical (unpaired) electrons. The van der Waals surface area contributed by atoms with Crippen LogP contribution in [0, 0.1) is 6.92 Å². The van der Waals surface area contributed by atoms with E-state index in [1.165, 1.54) is 0 Å². The molecule has 2 N–H and O–H groups in total. The molecule has 21 heavy (non-hydrogen) atoms. The summed E-state index contributed by atoms with van der Waals surface area (Å²) < 4.78 is 1.91. The van der Waals surface area contributed by atoms with E-state index in [4.69, 9.17) is 40.5 Å². The lowest BCUT2D eigenvalue weighted by Gasteiger charge is -2.13. The Hall–Kier alpha value is -0.740. The fourth-order valence-electron chi connectivity index (χ4n) is 2.35. The van der Waals surface area contributed by atoms with Crippen molar-refractivity contribution in [2.75, 3.05) is 0 Å². The lowest BCUT2D eigenvalue weighted by Crippen LogP contribution is -2.27. The van der Waals surface area contributed by atoms with Crippen LogP contribution in [0.15, 0.2) is 18.2 Å². The number of halogens is 3. The van der Waals surface area contributed by atoms with Crippen molar-refractivity contribution in [1.29, 1.82) is 0 Å². The summed E-state index contributed by atoms with van der Waals surface area (Å²) in [6.07, 6.45) is 1.38. The second kappa shape index (κ2) is 7.01. The van der Waals surface area contributed by atoms with Gasteiger partial charge in [0.2, 0.25) is 0 Å². The first kappa shape index (κ1) is 16.6. The maximum absolute atomic E-state index is 6.31. The average Bonchev–Trinajstić information content (AvgIpc) is 2.70. The van der Waals surface area contributed by atoms with Crippen LogP contribution >= 0.6 is 34.8 Å². The SMILES string of the molecule is CCn1nc(C)c(Cl)c1CC(N)Cc1ccc(Cl)c(Cl)c1. The van der Waals surface area contributed by atoms with Gasteiger partial charge in [-0.3, -0.25) is 4.68 Å². The molecule has 0 saturated carbocycles. The third-order valence-electron chi connectivity index (χ3n) is 3.39. The molecule has 0 spiro atoms. The minimum Gasteiger partial charge on any atom is -0.327 e. The second-order valence-electron chi connectivity index (χ2n) is 5.08. The summed E-state index contributed by atoms with van der Waals surface area (Å²) in [7, 11) is 0. The molecule has 3 nitrogen and oxygen atoms in total. The summed E-state index contributed by atoms with van der Waals surface area (Å²) in [6, 6.07) is 5.53. The van der Waals surface area contributed by atoms with E-state index < -0.39 is 0 Å². The van der Waals surface area contributed by atoms with Gasteiger partial charge in [-0.2, -0.15) is 5.10 Å². The van der Waals surface area contributed by atoms with Gasteiger partial charge in [0.25, 0.3) is 0 Å².